The third kappa shape index (κ3) is 1.70. The maximum absolute atomic E-state index is 10.4. The maximum Gasteiger partial charge on any atom is 0.335 e. The molecule has 3 heteroatoms. The Bertz CT molecular complexity index is 259. The van der Waals surface area contributed by atoms with Crippen molar-refractivity contribution in [1.82, 2.24) is 0 Å². The van der Waals surface area contributed by atoms with Gasteiger partial charge in [-0.05, 0) is 6.08 Å². The number of aliphatic hydroxyl groups is 1. The van der Waals surface area contributed by atoms with Crippen LogP contribution in [0.15, 0.2) is 35.6 Å². The lowest BCUT2D eigenvalue weighted by molar-refractivity contribution is -0.132. The highest BCUT2D eigenvalue weighted by molar-refractivity contribution is 5.88. The molecule has 0 saturated carbocycles. The number of carboxylic acid groups (broad SMARTS) is 1. The van der Waals surface area contributed by atoms with Crippen LogP contribution in [0.25, 0.3) is 0 Å². The number of rotatable bonds is 1. The number of hydrogen-bond donors (Lipinski definition) is 2. The van der Waals surface area contributed by atoms with E-state index < -0.39 is 5.97 Å². The maximum atomic E-state index is 10.4. The van der Waals surface area contributed by atoms with Crippen LogP contribution < -0.4 is 0 Å². The summed E-state index contributed by atoms with van der Waals surface area (Å²) in [5.74, 6) is -1.23. The molecule has 11 heavy (non-hydrogen) atoms. The van der Waals surface area contributed by atoms with E-state index in [1.807, 2.05) is 0 Å². The van der Waals surface area contributed by atoms with E-state index in [2.05, 4.69) is 0 Å². The standard InChI is InChI=1S/C8H8O3/c9-7-5-3-1-2-4-6(7)8(10)11/h1-3,5,9H,4H2,(H,10,11). The largest absolute Gasteiger partial charge is 0.507 e. The minimum Gasteiger partial charge on any atom is -0.507 e. The van der Waals surface area contributed by atoms with Gasteiger partial charge in [-0.1, -0.05) is 18.2 Å². The van der Waals surface area contributed by atoms with Crippen molar-refractivity contribution in [3.05, 3.63) is 35.6 Å². The average molecular weight is 152 g/mol. The zero-order chi connectivity index (χ0) is 8.27. The molecule has 0 saturated heterocycles. The molecule has 0 aromatic carbocycles. The second-order valence-electron chi connectivity index (χ2n) is 2.16. The van der Waals surface area contributed by atoms with Crippen LogP contribution in [0.5, 0.6) is 0 Å². The third-order valence-corrected chi connectivity index (χ3v) is 1.39. The van der Waals surface area contributed by atoms with E-state index in [4.69, 9.17) is 10.2 Å². The van der Waals surface area contributed by atoms with Crippen molar-refractivity contribution in [2.24, 2.45) is 0 Å². The molecular formula is C8H8O3. The van der Waals surface area contributed by atoms with Crippen LogP contribution in [0, 0.1) is 0 Å². The van der Waals surface area contributed by atoms with Gasteiger partial charge >= 0.3 is 5.97 Å². The second-order valence-corrected chi connectivity index (χ2v) is 2.16. The molecule has 1 aliphatic carbocycles. The third-order valence-electron chi connectivity index (χ3n) is 1.39. The Labute approximate surface area is 64.0 Å². The molecule has 2 N–H and O–H groups in total. The van der Waals surface area contributed by atoms with Gasteiger partial charge in [-0.2, -0.15) is 0 Å². The van der Waals surface area contributed by atoms with Gasteiger partial charge in [0.25, 0.3) is 0 Å². The minimum atomic E-state index is -1.07. The molecule has 1 aliphatic rings. The molecule has 0 unspecified atom stereocenters. The number of carbonyl (C=O) groups is 1. The molecule has 0 aromatic heterocycles. The van der Waals surface area contributed by atoms with Crippen LogP contribution >= 0.6 is 0 Å². The summed E-state index contributed by atoms with van der Waals surface area (Å²) in [7, 11) is 0. The predicted molar refractivity (Wildman–Crippen MR) is 40.2 cm³/mol. The first-order chi connectivity index (χ1) is 5.22. The van der Waals surface area contributed by atoms with Crippen LogP contribution in [0.2, 0.25) is 0 Å². The Morgan fingerprint density at radius 3 is 2.82 bits per heavy atom. The first-order valence-electron chi connectivity index (χ1n) is 3.20. The Balaban J connectivity index is 2.98. The van der Waals surface area contributed by atoms with Gasteiger partial charge in [0, 0.05) is 6.42 Å². The zero-order valence-electron chi connectivity index (χ0n) is 5.82. The van der Waals surface area contributed by atoms with E-state index in [9.17, 15) is 4.79 Å². The summed E-state index contributed by atoms with van der Waals surface area (Å²) < 4.78 is 0. The van der Waals surface area contributed by atoms with E-state index in [1.54, 1.807) is 18.2 Å². The molecule has 1 rings (SSSR count). The first kappa shape index (κ1) is 7.60. The second kappa shape index (κ2) is 3.05. The van der Waals surface area contributed by atoms with Crippen LogP contribution in [0.3, 0.4) is 0 Å². The van der Waals surface area contributed by atoms with Crippen molar-refractivity contribution in [2.45, 2.75) is 6.42 Å². The quantitative estimate of drug-likeness (QED) is 0.597. The molecule has 0 fully saturated rings. The topological polar surface area (TPSA) is 57.5 Å². The Hall–Kier alpha value is -1.51. The normalized spacial score (nSPS) is 16.7. The first-order valence-corrected chi connectivity index (χ1v) is 3.20. The summed E-state index contributed by atoms with van der Waals surface area (Å²) >= 11 is 0. The molecule has 0 radical (unpaired) electrons. The van der Waals surface area contributed by atoms with E-state index in [1.165, 1.54) is 6.08 Å². The van der Waals surface area contributed by atoms with Gasteiger partial charge in [0.05, 0.1) is 5.57 Å². The Morgan fingerprint density at radius 2 is 2.18 bits per heavy atom. The fourth-order valence-electron chi connectivity index (χ4n) is 0.813. The van der Waals surface area contributed by atoms with E-state index in [0.29, 0.717) is 0 Å². The van der Waals surface area contributed by atoms with Crippen molar-refractivity contribution in [2.75, 3.05) is 0 Å². The molecular weight excluding hydrogens is 144 g/mol. The van der Waals surface area contributed by atoms with E-state index >= 15 is 0 Å². The molecule has 0 bridgehead atoms. The van der Waals surface area contributed by atoms with Crippen LogP contribution in [0.4, 0.5) is 0 Å². The van der Waals surface area contributed by atoms with E-state index in [-0.39, 0.29) is 17.8 Å². The predicted octanol–water partition coefficient (Wildman–Crippen LogP) is 1.40. The van der Waals surface area contributed by atoms with Gasteiger partial charge in [-0.3, -0.25) is 0 Å². The molecule has 3 nitrogen and oxygen atoms in total. The molecule has 0 aliphatic heterocycles. The highest BCUT2D eigenvalue weighted by Crippen LogP contribution is 2.12. The molecule has 58 valence electrons. The summed E-state index contributed by atoms with van der Waals surface area (Å²) in [5, 5.41) is 17.6. The van der Waals surface area contributed by atoms with Crippen LogP contribution in [-0.4, -0.2) is 16.2 Å². The van der Waals surface area contributed by atoms with Gasteiger partial charge < -0.3 is 10.2 Å². The highest BCUT2D eigenvalue weighted by atomic mass is 16.4. The lowest BCUT2D eigenvalue weighted by atomic mass is 10.1. The summed E-state index contributed by atoms with van der Waals surface area (Å²) in [6, 6.07) is 0. The molecule has 0 spiro atoms. The van der Waals surface area contributed by atoms with Crippen molar-refractivity contribution < 1.29 is 15.0 Å². The Morgan fingerprint density at radius 1 is 1.45 bits per heavy atom. The fraction of sp³-hybridized carbons (Fsp3) is 0.125. The van der Waals surface area contributed by atoms with Gasteiger partial charge in [0.1, 0.15) is 5.76 Å². The van der Waals surface area contributed by atoms with Crippen LogP contribution in [-0.2, 0) is 4.79 Å². The number of aliphatic hydroxyl groups excluding tert-OH is 1. The van der Waals surface area contributed by atoms with Crippen LogP contribution in [0.1, 0.15) is 6.42 Å². The lowest BCUT2D eigenvalue weighted by Crippen LogP contribution is -2.02. The number of carboxylic acids is 1. The van der Waals surface area contributed by atoms with Gasteiger partial charge in [0.15, 0.2) is 0 Å². The van der Waals surface area contributed by atoms with Gasteiger partial charge in [0.2, 0.25) is 0 Å². The van der Waals surface area contributed by atoms with E-state index in [0.717, 1.165) is 0 Å². The number of aliphatic carboxylic acids is 1. The van der Waals surface area contributed by atoms with Crippen molar-refractivity contribution in [3.8, 4) is 0 Å². The summed E-state index contributed by atoms with van der Waals surface area (Å²) in [6.07, 6.45) is 6.63. The number of allylic oxidation sites excluding steroid dienone is 4. The molecule has 0 atom stereocenters. The zero-order valence-corrected chi connectivity index (χ0v) is 5.82. The van der Waals surface area contributed by atoms with Crippen molar-refractivity contribution >= 4 is 5.97 Å². The van der Waals surface area contributed by atoms with Crippen molar-refractivity contribution in [1.29, 1.82) is 0 Å². The molecule has 0 aromatic rings. The van der Waals surface area contributed by atoms with Gasteiger partial charge in [-0.25, -0.2) is 4.79 Å². The highest BCUT2D eigenvalue weighted by Gasteiger charge is 2.10. The fourth-order valence-corrected chi connectivity index (χ4v) is 0.813. The van der Waals surface area contributed by atoms with Gasteiger partial charge in [-0.15, -0.1) is 0 Å². The Kier molecular flexibility index (Phi) is 2.11. The monoisotopic (exact) mass is 152 g/mol. The lowest BCUT2D eigenvalue weighted by Gasteiger charge is -1.97. The summed E-state index contributed by atoms with van der Waals surface area (Å²) in [6.45, 7) is 0. The summed E-state index contributed by atoms with van der Waals surface area (Å²) in [5.41, 5.74) is 0.0370. The van der Waals surface area contributed by atoms with Crippen molar-refractivity contribution in [3.63, 3.8) is 0 Å². The molecule has 0 amide bonds. The average Bonchev–Trinajstić information content (AvgIpc) is 2.13. The minimum absolute atomic E-state index is 0.0370. The smallest absolute Gasteiger partial charge is 0.335 e. The SMILES string of the molecule is O=C(O)C1=C(O)C=CC=CC1. The number of hydrogen-bond acceptors (Lipinski definition) is 2. The summed E-state index contributed by atoms with van der Waals surface area (Å²) in [4.78, 5) is 10.4. The molecule has 0 heterocycles.